The number of carbonyl (C=O) groups excluding carboxylic acids is 2. The van der Waals surface area contributed by atoms with Gasteiger partial charge in [0.1, 0.15) is 0 Å². The quantitative estimate of drug-likeness (QED) is 0.571. The van der Waals surface area contributed by atoms with Crippen molar-refractivity contribution in [3.05, 3.63) is 81.6 Å². The molecule has 8 heteroatoms. The van der Waals surface area contributed by atoms with Crippen LogP contribution >= 0.6 is 0 Å². The number of aromatic nitrogens is 2. The first kappa shape index (κ1) is 22.7. The van der Waals surface area contributed by atoms with Gasteiger partial charge in [0.25, 0.3) is 11.5 Å². The summed E-state index contributed by atoms with van der Waals surface area (Å²) < 4.78 is 11.8. The molecule has 0 aliphatic carbocycles. The van der Waals surface area contributed by atoms with E-state index in [0.29, 0.717) is 16.9 Å². The number of ether oxygens (including phenoxy) is 2. The Morgan fingerprint density at radius 1 is 1.03 bits per heavy atom. The number of amides is 1. The topological polar surface area (TPSA) is 99.5 Å². The number of rotatable bonds is 7. The molecule has 0 aliphatic rings. The summed E-state index contributed by atoms with van der Waals surface area (Å²) in [5.74, 6) is -0.685. The Morgan fingerprint density at radius 3 is 2.41 bits per heavy atom. The molecule has 3 aromatic rings. The smallest absolute Gasteiger partial charge is 0.338 e. The zero-order chi connectivity index (χ0) is 23.3. The molecule has 1 unspecified atom stereocenters. The minimum Gasteiger partial charge on any atom is -0.463 e. The number of benzene rings is 2. The molecule has 8 nitrogen and oxygen atoms in total. The van der Waals surface area contributed by atoms with E-state index in [1.807, 2.05) is 26.0 Å². The van der Waals surface area contributed by atoms with Crippen LogP contribution in [0.5, 0.6) is 5.88 Å². The van der Waals surface area contributed by atoms with Crippen molar-refractivity contribution < 1.29 is 19.1 Å². The summed E-state index contributed by atoms with van der Waals surface area (Å²) in [7, 11) is 0. The minimum absolute atomic E-state index is 0.142. The summed E-state index contributed by atoms with van der Waals surface area (Å²) in [5.41, 5.74) is 3.35. The van der Waals surface area contributed by atoms with Gasteiger partial charge in [-0.3, -0.25) is 9.59 Å². The summed E-state index contributed by atoms with van der Waals surface area (Å²) in [6, 6.07) is 14.7. The Labute approximate surface area is 185 Å². The van der Waals surface area contributed by atoms with Crippen molar-refractivity contribution in [2.45, 2.75) is 33.8 Å². The molecule has 1 atom stereocenters. The molecule has 0 aliphatic heterocycles. The standard InChI is InChI=1S/C24H25N3O5/c1-5-31-24(30)18-7-9-19(10-8-18)25-23(29)17(4)32-21-12-13-22(28)27(26-21)20-11-6-15(2)16(3)14-20/h6-14,17H,5H2,1-4H3,(H,25,29). The number of hydrogen-bond acceptors (Lipinski definition) is 6. The molecule has 3 rings (SSSR count). The molecule has 0 saturated carbocycles. The number of nitrogens with one attached hydrogen (secondary N) is 1. The molecule has 1 aromatic heterocycles. The fraction of sp³-hybridized carbons (Fsp3) is 0.250. The number of esters is 1. The van der Waals surface area contributed by atoms with Crippen molar-refractivity contribution in [1.29, 1.82) is 0 Å². The minimum atomic E-state index is -0.877. The van der Waals surface area contributed by atoms with Gasteiger partial charge in [-0.2, -0.15) is 4.68 Å². The maximum atomic E-state index is 12.5. The third-order valence-corrected chi connectivity index (χ3v) is 4.84. The van der Waals surface area contributed by atoms with Gasteiger partial charge >= 0.3 is 5.97 Å². The van der Waals surface area contributed by atoms with Gasteiger partial charge < -0.3 is 14.8 Å². The van der Waals surface area contributed by atoms with E-state index < -0.39 is 18.0 Å². The SMILES string of the molecule is CCOC(=O)c1ccc(NC(=O)C(C)Oc2ccc(=O)n(-c3ccc(C)c(C)c3)n2)cc1. The van der Waals surface area contributed by atoms with Gasteiger partial charge in [0.15, 0.2) is 6.10 Å². The second-order valence-electron chi connectivity index (χ2n) is 7.24. The first-order valence-electron chi connectivity index (χ1n) is 10.2. The van der Waals surface area contributed by atoms with Gasteiger partial charge in [-0.05, 0) is 75.2 Å². The van der Waals surface area contributed by atoms with Crippen LogP contribution < -0.4 is 15.6 Å². The van der Waals surface area contributed by atoms with Crippen LogP contribution in [-0.4, -0.2) is 34.4 Å². The van der Waals surface area contributed by atoms with Crippen LogP contribution in [0.3, 0.4) is 0 Å². The van der Waals surface area contributed by atoms with Gasteiger partial charge in [-0.15, -0.1) is 5.10 Å². The maximum absolute atomic E-state index is 12.5. The van der Waals surface area contributed by atoms with Gasteiger partial charge in [0, 0.05) is 17.8 Å². The highest BCUT2D eigenvalue weighted by atomic mass is 16.5. The normalized spacial score (nSPS) is 11.5. The average Bonchev–Trinajstić information content (AvgIpc) is 2.77. The Hall–Kier alpha value is -3.94. The Kier molecular flexibility index (Phi) is 7.04. The van der Waals surface area contributed by atoms with E-state index >= 15 is 0 Å². The lowest BCUT2D eigenvalue weighted by Gasteiger charge is -2.15. The van der Waals surface area contributed by atoms with E-state index in [2.05, 4.69) is 10.4 Å². The predicted molar refractivity (Wildman–Crippen MR) is 120 cm³/mol. The number of hydrogen-bond donors (Lipinski definition) is 1. The number of anilines is 1. The van der Waals surface area contributed by atoms with E-state index in [0.717, 1.165) is 11.1 Å². The molecular formula is C24H25N3O5. The van der Waals surface area contributed by atoms with Crippen molar-refractivity contribution in [2.75, 3.05) is 11.9 Å². The lowest BCUT2D eigenvalue weighted by Crippen LogP contribution is -2.31. The van der Waals surface area contributed by atoms with Gasteiger partial charge in [0.05, 0.1) is 17.9 Å². The van der Waals surface area contributed by atoms with E-state index in [4.69, 9.17) is 9.47 Å². The molecule has 0 saturated heterocycles. The van der Waals surface area contributed by atoms with E-state index in [1.165, 1.54) is 16.8 Å². The van der Waals surface area contributed by atoms with Crippen molar-refractivity contribution in [2.24, 2.45) is 0 Å². The molecule has 0 fully saturated rings. The summed E-state index contributed by atoms with van der Waals surface area (Å²) in [5, 5.41) is 6.96. The lowest BCUT2D eigenvalue weighted by molar-refractivity contribution is -0.122. The highest BCUT2D eigenvalue weighted by Gasteiger charge is 2.17. The van der Waals surface area contributed by atoms with Crippen molar-refractivity contribution in [3.63, 3.8) is 0 Å². The van der Waals surface area contributed by atoms with Crippen LogP contribution in [0.15, 0.2) is 59.4 Å². The Bertz CT molecular complexity index is 1180. The summed E-state index contributed by atoms with van der Waals surface area (Å²) in [4.78, 5) is 36.5. The van der Waals surface area contributed by atoms with Crippen LogP contribution in [0.4, 0.5) is 5.69 Å². The fourth-order valence-corrected chi connectivity index (χ4v) is 2.88. The van der Waals surface area contributed by atoms with Crippen molar-refractivity contribution in [1.82, 2.24) is 9.78 Å². The van der Waals surface area contributed by atoms with E-state index in [-0.39, 0.29) is 18.0 Å². The Morgan fingerprint density at radius 2 is 1.75 bits per heavy atom. The monoisotopic (exact) mass is 435 g/mol. The van der Waals surface area contributed by atoms with Crippen molar-refractivity contribution >= 4 is 17.6 Å². The predicted octanol–water partition coefficient (Wildman–Crippen LogP) is 3.43. The maximum Gasteiger partial charge on any atom is 0.338 e. The molecule has 0 radical (unpaired) electrons. The molecule has 32 heavy (non-hydrogen) atoms. The second-order valence-corrected chi connectivity index (χ2v) is 7.24. The molecule has 0 spiro atoms. The van der Waals surface area contributed by atoms with E-state index in [1.54, 1.807) is 44.2 Å². The van der Waals surface area contributed by atoms with Crippen LogP contribution in [-0.2, 0) is 9.53 Å². The van der Waals surface area contributed by atoms with Crippen LogP contribution in [0.1, 0.15) is 35.3 Å². The average molecular weight is 435 g/mol. The summed E-state index contributed by atoms with van der Waals surface area (Å²) in [6.45, 7) is 7.54. The second kappa shape index (κ2) is 9.91. The van der Waals surface area contributed by atoms with Gasteiger partial charge in [-0.25, -0.2) is 4.79 Å². The zero-order valence-electron chi connectivity index (χ0n) is 18.4. The largest absolute Gasteiger partial charge is 0.463 e. The van der Waals surface area contributed by atoms with Gasteiger partial charge in [-0.1, -0.05) is 6.07 Å². The molecule has 1 N–H and O–H groups in total. The molecule has 1 heterocycles. The third kappa shape index (κ3) is 5.40. The summed E-state index contributed by atoms with van der Waals surface area (Å²) in [6.07, 6.45) is -0.877. The highest BCUT2D eigenvalue weighted by Crippen LogP contribution is 2.15. The summed E-state index contributed by atoms with van der Waals surface area (Å²) >= 11 is 0. The first-order valence-corrected chi connectivity index (χ1v) is 10.2. The molecule has 2 aromatic carbocycles. The van der Waals surface area contributed by atoms with Crippen LogP contribution in [0, 0.1) is 13.8 Å². The fourth-order valence-electron chi connectivity index (χ4n) is 2.88. The zero-order valence-corrected chi connectivity index (χ0v) is 18.4. The van der Waals surface area contributed by atoms with Crippen LogP contribution in [0.2, 0.25) is 0 Å². The van der Waals surface area contributed by atoms with Crippen molar-refractivity contribution in [3.8, 4) is 11.6 Å². The molecule has 0 bridgehead atoms. The lowest BCUT2D eigenvalue weighted by atomic mass is 10.1. The Balaban J connectivity index is 1.69. The molecular weight excluding hydrogens is 410 g/mol. The van der Waals surface area contributed by atoms with Gasteiger partial charge in [0.2, 0.25) is 5.88 Å². The van der Waals surface area contributed by atoms with Crippen LogP contribution in [0.25, 0.3) is 5.69 Å². The number of nitrogens with zero attached hydrogens (tertiary/aromatic N) is 2. The first-order chi connectivity index (χ1) is 15.3. The van der Waals surface area contributed by atoms with E-state index in [9.17, 15) is 14.4 Å². The molecule has 166 valence electrons. The number of carbonyl (C=O) groups is 2. The number of aryl methyl sites for hydroxylation is 2. The highest BCUT2D eigenvalue weighted by molar-refractivity contribution is 5.95. The third-order valence-electron chi connectivity index (χ3n) is 4.84. The molecule has 1 amide bonds.